The molecule has 0 spiro atoms. The molecule has 1 atom stereocenters. The number of benzene rings is 2. The first-order valence-corrected chi connectivity index (χ1v) is 11.6. The van der Waals surface area contributed by atoms with Gasteiger partial charge in [0.05, 0.1) is 0 Å². The molecule has 1 saturated carbocycles. The van der Waals surface area contributed by atoms with E-state index in [0.29, 0.717) is 25.1 Å². The van der Waals surface area contributed by atoms with Crippen molar-refractivity contribution in [2.45, 2.75) is 38.1 Å². The fourth-order valence-electron chi connectivity index (χ4n) is 4.66. The van der Waals surface area contributed by atoms with Gasteiger partial charge in [0.2, 0.25) is 11.8 Å². The number of carbonyl (C=O) groups is 2. The van der Waals surface area contributed by atoms with Crippen LogP contribution in [0.3, 0.4) is 0 Å². The van der Waals surface area contributed by atoms with E-state index >= 15 is 0 Å². The Labute approximate surface area is 193 Å². The van der Waals surface area contributed by atoms with Crippen LogP contribution in [0.2, 0.25) is 0 Å². The number of likely N-dealkylation sites (tertiary alicyclic amines) is 1. The van der Waals surface area contributed by atoms with Crippen molar-refractivity contribution in [3.63, 3.8) is 0 Å². The van der Waals surface area contributed by atoms with Crippen LogP contribution < -0.4 is 0 Å². The van der Waals surface area contributed by atoms with Crippen LogP contribution in [0.25, 0.3) is 6.08 Å². The molecular weight excluding hydrogens is 422 g/mol. The molecule has 1 saturated heterocycles. The highest BCUT2D eigenvalue weighted by Gasteiger charge is 2.38. The van der Waals surface area contributed by atoms with E-state index in [9.17, 15) is 18.4 Å². The normalized spacial score (nSPS) is 17.8. The summed E-state index contributed by atoms with van der Waals surface area (Å²) in [5.41, 5.74) is 1.39. The molecule has 33 heavy (non-hydrogen) atoms. The zero-order valence-electron chi connectivity index (χ0n) is 18.9. The summed E-state index contributed by atoms with van der Waals surface area (Å²) in [6, 6.07) is 13.1. The fraction of sp³-hybridized carbons (Fsp3) is 0.407. The van der Waals surface area contributed by atoms with E-state index in [1.54, 1.807) is 18.0 Å². The topological polar surface area (TPSA) is 40.6 Å². The smallest absolute Gasteiger partial charge is 0.246 e. The summed E-state index contributed by atoms with van der Waals surface area (Å²) >= 11 is 0. The van der Waals surface area contributed by atoms with Crippen LogP contribution in [0, 0.1) is 23.5 Å². The molecule has 0 aromatic heterocycles. The number of rotatable bonds is 7. The van der Waals surface area contributed by atoms with E-state index in [4.69, 9.17) is 0 Å². The Morgan fingerprint density at radius 1 is 1.06 bits per heavy atom. The third kappa shape index (κ3) is 5.86. The van der Waals surface area contributed by atoms with Gasteiger partial charge in [-0.25, -0.2) is 8.78 Å². The molecule has 2 aromatic carbocycles. The Hall–Kier alpha value is -3.02. The maximum Gasteiger partial charge on any atom is 0.246 e. The van der Waals surface area contributed by atoms with Crippen LogP contribution in [-0.4, -0.2) is 47.8 Å². The molecule has 0 unspecified atom stereocenters. The van der Waals surface area contributed by atoms with Gasteiger partial charge in [-0.05, 0) is 61.3 Å². The summed E-state index contributed by atoms with van der Waals surface area (Å²) in [6.07, 6.45) is 7.04. The second-order valence-corrected chi connectivity index (χ2v) is 9.14. The first-order chi connectivity index (χ1) is 15.9. The van der Waals surface area contributed by atoms with E-state index in [-0.39, 0.29) is 29.7 Å². The highest BCUT2D eigenvalue weighted by atomic mass is 19.1. The predicted molar refractivity (Wildman–Crippen MR) is 124 cm³/mol. The Morgan fingerprint density at radius 2 is 1.76 bits per heavy atom. The maximum atomic E-state index is 14.4. The summed E-state index contributed by atoms with van der Waals surface area (Å²) in [5.74, 6) is -0.895. The monoisotopic (exact) mass is 452 g/mol. The molecule has 0 radical (unpaired) electrons. The lowest BCUT2D eigenvalue weighted by Gasteiger charge is -2.40. The molecule has 1 aliphatic carbocycles. The van der Waals surface area contributed by atoms with Crippen LogP contribution in [0.4, 0.5) is 8.78 Å². The Morgan fingerprint density at radius 3 is 2.39 bits per heavy atom. The van der Waals surface area contributed by atoms with Crippen LogP contribution >= 0.6 is 0 Å². The molecule has 6 heteroatoms. The van der Waals surface area contributed by atoms with E-state index < -0.39 is 11.6 Å². The van der Waals surface area contributed by atoms with Crippen LogP contribution in [0.1, 0.15) is 36.8 Å². The first-order valence-electron chi connectivity index (χ1n) is 11.6. The lowest BCUT2D eigenvalue weighted by molar-refractivity contribution is -0.136. The number of nitrogens with zero attached hydrogens (tertiary/aromatic N) is 2. The third-order valence-electron chi connectivity index (χ3n) is 6.83. The number of likely N-dealkylation sites (N-methyl/N-ethyl adjacent to an activating group) is 1. The molecular formula is C27H30F2N2O2. The lowest BCUT2D eigenvalue weighted by Crippen LogP contribution is -2.48. The Kier molecular flexibility index (Phi) is 7.21. The van der Waals surface area contributed by atoms with Gasteiger partial charge in [0.15, 0.2) is 0 Å². The number of hydrogen-bond donors (Lipinski definition) is 0. The standard InChI is InChI=1S/C27H30F2N2O2/c1-30(27(33)21-8-9-21)25(17-22-10-11-23(28)18-24(22)29)20-13-15-31(16-14-20)26(32)12-7-19-5-3-2-4-6-19/h2-7,10-12,18,20-21,25H,8-9,13-17H2,1H3/b12-7+/t25-/m1/s1. The van der Waals surface area contributed by atoms with Crippen molar-refractivity contribution in [1.29, 1.82) is 0 Å². The summed E-state index contributed by atoms with van der Waals surface area (Å²) in [7, 11) is 1.80. The molecule has 2 fully saturated rings. The summed E-state index contributed by atoms with van der Waals surface area (Å²) in [4.78, 5) is 29.1. The molecule has 174 valence electrons. The van der Waals surface area contributed by atoms with Crippen molar-refractivity contribution in [3.8, 4) is 0 Å². The van der Waals surface area contributed by atoms with Crippen molar-refractivity contribution >= 4 is 17.9 Å². The summed E-state index contributed by atoms with van der Waals surface area (Å²) in [5, 5.41) is 0. The maximum absolute atomic E-state index is 14.4. The number of piperidine rings is 1. The van der Waals surface area contributed by atoms with Gasteiger partial charge in [-0.2, -0.15) is 0 Å². The molecule has 2 aliphatic rings. The van der Waals surface area contributed by atoms with E-state index in [0.717, 1.165) is 37.3 Å². The molecule has 2 aromatic rings. The van der Waals surface area contributed by atoms with Gasteiger partial charge in [-0.1, -0.05) is 36.4 Å². The Bertz CT molecular complexity index is 1010. The highest BCUT2D eigenvalue weighted by molar-refractivity contribution is 5.91. The van der Waals surface area contributed by atoms with Gasteiger partial charge < -0.3 is 9.80 Å². The molecule has 4 rings (SSSR count). The van der Waals surface area contributed by atoms with Crippen molar-refractivity contribution in [3.05, 3.63) is 77.4 Å². The molecule has 1 aliphatic heterocycles. The zero-order chi connectivity index (χ0) is 23.4. The molecule has 1 heterocycles. The average molecular weight is 453 g/mol. The molecule has 0 N–H and O–H groups in total. The molecule has 2 amide bonds. The van der Waals surface area contributed by atoms with E-state index in [1.165, 1.54) is 12.1 Å². The van der Waals surface area contributed by atoms with Crippen LogP contribution in [0.5, 0.6) is 0 Å². The minimum Gasteiger partial charge on any atom is -0.342 e. The largest absolute Gasteiger partial charge is 0.342 e. The van der Waals surface area contributed by atoms with Crippen molar-refractivity contribution < 1.29 is 18.4 Å². The van der Waals surface area contributed by atoms with Gasteiger partial charge in [0.25, 0.3) is 0 Å². The number of halogens is 2. The summed E-state index contributed by atoms with van der Waals surface area (Å²) < 4.78 is 27.8. The zero-order valence-corrected chi connectivity index (χ0v) is 18.9. The Balaban J connectivity index is 1.42. The van der Waals surface area contributed by atoms with Crippen molar-refractivity contribution in [1.82, 2.24) is 9.80 Å². The van der Waals surface area contributed by atoms with Gasteiger partial charge in [-0.15, -0.1) is 0 Å². The quantitative estimate of drug-likeness (QED) is 0.572. The molecule has 0 bridgehead atoms. The SMILES string of the molecule is CN(C(=O)C1CC1)[C@H](Cc1ccc(F)cc1F)C1CCN(C(=O)/C=C/c2ccccc2)CC1. The van der Waals surface area contributed by atoms with E-state index in [1.807, 2.05) is 41.3 Å². The summed E-state index contributed by atoms with van der Waals surface area (Å²) in [6.45, 7) is 1.19. The van der Waals surface area contributed by atoms with Gasteiger partial charge in [-0.3, -0.25) is 9.59 Å². The second kappa shape index (κ2) is 10.3. The number of carbonyl (C=O) groups excluding carboxylic acids is 2. The molecule has 4 nitrogen and oxygen atoms in total. The van der Waals surface area contributed by atoms with Gasteiger partial charge in [0.1, 0.15) is 11.6 Å². The first kappa shape index (κ1) is 23.1. The minimum atomic E-state index is -0.606. The predicted octanol–water partition coefficient (Wildman–Crippen LogP) is 4.70. The average Bonchev–Trinajstić information content (AvgIpc) is 3.68. The number of hydrogen-bond acceptors (Lipinski definition) is 2. The van der Waals surface area contributed by atoms with Crippen LogP contribution in [0.15, 0.2) is 54.6 Å². The van der Waals surface area contributed by atoms with E-state index in [2.05, 4.69) is 0 Å². The third-order valence-corrected chi connectivity index (χ3v) is 6.83. The fourth-order valence-corrected chi connectivity index (χ4v) is 4.66. The van der Waals surface area contributed by atoms with Crippen molar-refractivity contribution in [2.75, 3.05) is 20.1 Å². The van der Waals surface area contributed by atoms with Gasteiger partial charge in [0, 0.05) is 44.2 Å². The van der Waals surface area contributed by atoms with Crippen LogP contribution in [-0.2, 0) is 16.0 Å². The minimum absolute atomic E-state index is 0.0270. The second-order valence-electron chi connectivity index (χ2n) is 9.14. The highest BCUT2D eigenvalue weighted by Crippen LogP contribution is 2.34. The van der Waals surface area contributed by atoms with Crippen molar-refractivity contribution in [2.24, 2.45) is 11.8 Å². The van der Waals surface area contributed by atoms with Gasteiger partial charge >= 0.3 is 0 Å². The lowest BCUT2D eigenvalue weighted by atomic mass is 9.84. The number of amides is 2.